The second kappa shape index (κ2) is 6.71. The number of nitrogens with zero attached hydrogens (tertiary/aromatic N) is 4. The molecule has 3 aromatic rings. The molecule has 0 saturated carbocycles. The maximum atomic E-state index is 12.9. The van der Waals surface area contributed by atoms with E-state index in [1.54, 1.807) is 16.9 Å². The fourth-order valence-corrected chi connectivity index (χ4v) is 3.31. The van der Waals surface area contributed by atoms with Gasteiger partial charge in [0.2, 0.25) is 0 Å². The van der Waals surface area contributed by atoms with Gasteiger partial charge in [-0.15, -0.1) is 0 Å². The molecule has 138 valence electrons. The number of fused-ring (bicyclic) bond motifs is 1. The number of carboxylic acid groups (broad SMARTS) is 1. The van der Waals surface area contributed by atoms with E-state index >= 15 is 0 Å². The first kappa shape index (κ1) is 17.0. The number of carboxylic acids is 1. The smallest absolute Gasteiger partial charge is 0.326 e. The Morgan fingerprint density at radius 2 is 2.07 bits per heavy atom. The molecular formula is C19H18N4O4. The maximum Gasteiger partial charge on any atom is 0.326 e. The molecule has 3 heterocycles. The molecule has 0 fully saturated rings. The minimum atomic E-state index is -1.03. The standard InChI is InChI=1S/C19H18N4O4/c1-12-8-20-22(9-12)11-15-7-16(21-27-15)18(24)23-10-14-5-3-2-4-13(14)6-17(23)19(25)26/h2-5,7-9,17H,6,10-11H2,1H3,(H,25,26). The normalized spacial score (nSPS) is 16.2. The van der Waals surface area contributed by atoms with E-state index in [0.717, 1.165) is 16.7 Å². The predicted octanol–water partition coefficient (Wildman–Crippen LogP) is 1.88. The zero-order valence-corrected chi connectivity index (χ0v) is 14.7. The third-order valence-corrected chi connectivity index (χ3v) is 4.65. The zero-order chi connectivity index (χ0) is 19.0. The molecule has 8 nitrogen and oxygen atoms in total. The first-order valence-corrected chi connectivity index (χ1v) is 8.56. The monoisotopic (exact) mass is 366 g/mol. The summed E-state index contributed by atoms with van der Waals surface area (Å²) in [6, 6.07) is 8.16. The van der Waals surface area contributed by atoms with Crippen LogP contribution in [0.2, 0.25) is 0 Å². The van der Waals surface area contributed by atoms with Gasteiger partial charge in [-0.3, -0.25) is 9.48 Å². The van der Waals surface area contributed by atoms with E-state index in [9.17, 15) is 14.7 Å². The minimum Gasteiger partial charge on any atom is -0.480 e. The molecule has 8 heteroatoms. The molecule has 0 saturated heterocycles. The van der Waals surface area contributed by atoms with Crippen LogP contribution in [0.1, 0.15) is 32.9 Å². The van der Waals surface area contributed by atoms with Crippen LogP contribution in [0.15, 0.2) is 47.2 Å². The van der Waals surface area contributed by atoms with Crippen LogP contribution < -0.4 is 0 Å². The summed E-state index contributed by atoms with van der Waals surface area (Å²) in [5.74, 6) is -1.01. The molecule has 4 rings (SSSR count). The molecule has 1 atom stereocenters. The highest BCUT2D eigenvalue weighted by atomic mass is 16.5. The van der Waals surface area contributed by atoms with Gasteiger partial charge in [-0.05, 0) is 23.6 Å². The molecule has 0 bridgehead atoms. The Balaban J connectivity index is 1.57. The fourth-order valence-electron chi connectivity index (χ4n) is 3.31. The van der Waals surface area contributed by atoms with Crippen molar-refractivity contribution in [3.8, 4) is 0 Å². The Labute approximate surface area is 155 Å². The summed E-state index contributed by atoms with van der Waals surface area (Å²) < 4.78 is 6.93. The van der Waals surface area contributed by atoms with Crippen LogP contribution in [0.3, 0.4) is 0 Å². The van der Waals surface area contributed by atoms with Gasteiger partial charge in [0.05, 0.1) is 6.20 Å². The van der Waals surface area contributed by atoms with E-state index < -0.39 is 17.9 Å². The molecule has 0 radical (unpaired) electrons. The minimum absolute atomic E-state index is 0.0968. The number of hydrogen-bond acceptors (Lipinski definition) is 5. The van der Waals surface area contributed by atoms with Crippen LogP contribution >= 0.6 is 0 Å². The molecule has 1 N–H and O–H groups in total. The van der Waals surface area contributed by atoms with Gasteiger partial charge in [0.1, 0.15) is 12.6 Å². The summed E-state index contributed by atoms with van der Waals surface area (Å²) in [7, 11) is 0. The molecule has 27 heavy (non-hydrogen) atoms. The van der Waals surface area contributed by atoms with Crippen molar-refractivity contribution >= 4 is 11.9 Å². The second-order valence-corrected chi connectivity index (χ2v) is 6.65. The van der Waals surface area contributed by atoms with E-state index in [2.05, 4.69) is 10.3 Å². The topological polar surface area (TPSA) is 101 Å². The van der Waals surface area contributed by atoms with Gasteiger partial charge in [0.15, 0.2) is 11.5 Å². The average molecular weight is 366 g/mol. The van der Waals surface area contributed by atoms with Crippen LogP contribution in [0.5, 0.6) is 0 Å². The van der Waals surface area contributed by atoms with Crippen molar-refractivity contribution < 1.29 is 19.2 Å². The summed E-state index contributed by atoms with van der Waals surface area (Å²) in [6.07, 6.45) is 3.85. The number of amides is 1. The second-order valence-electron chi connectivity index (χ2n) is 6.65. The number of aromatic nitrogens is 3. The molecule has 1 aliphatic rings. The number of aliphatic carboxylic acids is 1. The summed E-state index contributed by atoms with van der Waals surface area (Å²) in [5.41, 5.74) is 3.00. The quantitative estimate of drug-likeness (QED) is 0.756. The first-order valence-electron chi connectivity index (χ1n) is 8.56. The molecule has 1 aliphatic heterocycles. The van der Waals surface area contributed by atoms with Crippen LogP contribution in [-0.2, 0) is 24.3 Å². The Hall–Kier alpha value is -3.42. The van der Waals surface area contributed by atoms with Crippen LogP contribution in [0, 0.1) is 6.92 Å². The number of rotatable bonds is 4. The third kappa shape index (κ3) is 3.33. The van der Waals surface area contributed by atoms with Crippen molar-refractivity contribution in [1.82, 2.24) is 19.8 Å². The van der Waals surface area contributed by atoms with Crippen LogP contribution in [0.4, 0.5) is 0 Å². The van der Waals surface area contributed by atoms with Gasteiger partial charge in [0, 0.05) is 25.2 Å². The van der Waals surface area contributed by atoms with Crippen molar-refractivity contribution in [3.05, 3.63) is 70.9 Å². The largest absolute Gasteiger partial charge is 0.480 e. The average Bonchev–Trinajstić information content (AvgIpc) is 3.29. The molecule has 1 aromatic carbocycles. The van der Waals surface area contributed by atoms with Gasteiger partial charge in [-0.2, -0.15) is 5.10 Å². The number of aryl methyl sites for hydroxylation is 1. The lowest BCUT2D eigenvalue weighted by atomic mass is 9.93. The molecule has 0 spiro atoms. The van der Waals surface area contributed by atoms with Crippen LogP contribution in [0.25, 0.3) is 0 Å². The van der Waals surface area contributed by atoms with Gasteiger partial charge < -0.3 is 14.5 Å². The Bertz CT molecular complexity index is 1010. The van der Waals surface area contributed by atoms with Crippen LogP contribution in [-0.4, -0.2) is 42.9 Å². The SMILES string of the molecule is Cc1cnn(Cc2cc(C(=O)N3Cc4ccccc4CC3C(=O)O)no2)c1. The van der Waals surface area contributed by atoms with E-state index in [4.69, 9.17) is 4.52 Å². The number of hydrogen-bond donors (Lipinski definition) is 1. The molecule has 0 aliphatic carbocycles. The lowest BCUT2D eigenvalue weighted by Gasteiger charge is -2.33. The lowest BCUT2D eigenvalue weighted by Crippen LogP contribution is -2.48. The van der Waals surface area contributed by atoms with E-state index in [0.29, 0.717) is 12.3 Å². The Morgan fingerprint density at radius 3 is 2.78 bits per heavy atom. The Kier molecular flexibility index (Phi) is 4.23. The molecule has 2 aromatic heterocycles. The van der Waals surface area contributed by atoms with E-state index in [1.165, 1.54) is 4.90 Å². The number of carbonyl (C=O) groups excluding carboxylic acids is 1. The number of carbonyl (C=O) groups is 2. The van der Waals surface area contributed by atoms with Gasteiger partial charge >= 0.3 is 5.97 Å². The highest BCUT2D eigenvalue weighted by Gasteiger charge is 2.36. The summed E-state index contributed by atoms with van der Waals surface area (Å²) in [4.78, 5) is 26.0. The van der Waals surface area contributed by atoms with Crippen molar-refractivity contribution in [3.63, 3.8) is 0 Å². The summed E-state index contributed by atoms with van der Waals surface area (Å²) >= 11 is 0. The van der Waals surface area contributed by atoms with Crippen molar-refractivity contribution in [2.75, 3.05) is 0 Å². The van der Waals surface area contributed by atoms with E-state index in [1.807, 2.05) is 37.4 Å². The predicted molar refractivity (Wildman–Crippen MR) is 94.0 cm³/mol. The first-order chi connectivity index (χ1) is 13.0. The highest BCUT2D eigenvalue weighted by molar-refractivity contribution is 5.95. The zero-order valence-electron chi connectivity index (χ0n) is 14.7. The van der Waals surface area contributed by atoms with E-state index in [-0.39, 0.29) is 18.7 Å². The maximum absolute atomic E-state index is 12.9. The van der Waals surface area contributed by atoms with Gasteiger partial charge in [0.25, 0.3) is 5.91 Å². The lowest BCUT2D eigenvalue weighted by molar-refractivity contribution is -0.142. The van der Waals surface area contributed by atoms with Crippen molar-refractivity contribution in [1.29, 1.82) is 0 Å². The number of benzene rings is 1. The summed E-state index contributed by atoms with van der Waals surface area (Å²) in [5, 5.41) is 17.6. The fraction of sp³-hybridized carbons (Fsp3) is 0.263. The Morgan fingerprint density at radius 1 is 1.30 bits per heavy atom. The van der Waals surface area contributed by atoms with Gasteiger partial charge in [-0.25, -0.2) is 4.79 Å². The van der Waals surface area contributed by atoms with Gasteiger partial charge in [-0.1, -0.05) is 29.4 Å². The third-order valence-electron chi connectivity index (χ3n) is 4.65. The molecule has 1 unspecified atom stereocenters. The highest BCUT2D eigenvalue weighted by Crippen LogP contribution is 2.25. The molecular weight excluding hydrogens is 348 g/mol. The van der Waals surface area contributed by atoms with Crippen molar-refractivity contribution in [2.45, 2.75) is 32.5 Å². The summed E-state index contributed by atoms with van der Waals surface area (Å²) in [6.45, 7) is 2.50. The van der Waals surface area contributed by atoms with Crippen molar-refractivity contribution in [2.24, 2.45) is 0 Å². The molecule has 1 amide bonds.